The third-order valence-electron chi connectivity index (χ3n) is 3.77. The van der Waals surface area contributed by atoms with Crippen molar-refractivity contribution in [3.63, 3.8) is 0 Å². The van der Waals surface area contributed by atoms with Crippen LogP contribution < -0.4 is 10.6 Å². The molecule has 3 unspecified atom stereocenters. The van der Waals surface area contributed by atoms with Gasteiger partial charge in [-0.25, -0.2) is 0 Å². The predicted octanol–water partition coefficient (Wildman–Crippen LogP) is 0.549. The summed E-state index contributed by atoms with van der Waals surface area (Å²) in [6.07, 6.45) is 2.63. The summed E-state index contributed by atoms with van der Waals surface area (Å²) in [4.78, 5) is 46.7. The van der Waals surface area contributed by atoms with Crippen LogP contribution in [0.2, 0.25) is 0 Å². The summed E-state index contributed by atoms with van der Waals surface area (Å²) in [5, 5.41) is 4.85. The molecule has 1 fully saturated rings. The van der Waals surface area contributed by atoms with Crippen LogP contribution in [0.5, 0.6) is 0 Å². The van der Waals surface area contributed by atoms with Crippen LogP contribution in [-0.4, -0.2) is 72.4 Å². The Hall–Kier alpha value is -1.61. The molecule has 2 N–H and O–H groups in total. The summed E-state index contributed by atoms with van der Waals surface area (Å²) in [5.74, 6) is -0.869. The van der Waals surface area contributed by atoms with Crippen molar-refractivity contribution in [1.29, 1.82) is 0 Å². The minimum atomic E-state index is -0.716. The van der Waals surface area contributed by atoms with Gasteiger partial charge >= 0.3 is 0 Å². The molecule has 8 nitrogen and oxygen atoms in total. The third kappa shape index (κ3) is 7.33. The van der Waals surface area contributed by atoms with Gasteiger partial charge in [0.15, 0.2) is 0 Å². The molecule has 0 radical (unpaired) electrons. The zero-order chi connectivity index (χ0) is 20.3. The second-order valence-electron chi connectivity index (χ2n) is 5.71. The number of thioether (sulfide) groups is 1. The number of imide groups is 1. The highest BCUT2D eigenvalue weighted by molar-refractivity contribution is 8.00. The monoisotopic (exact) mass is 389 g/mol. The Balaban J connectivity index is 0.000000508. The second kappa shape index (κ2) is 12.7. The molecule has 1 saturated heterocycles. The molecule has 0 spiro atoms. The van der Waals surface area contributed by atoms with Crippen LogP contribution in [0.1, 0.15) is 40.5 Å². The van der Waals surface area contributed by atoms with Crippen molar-refractivity contribution < 1.29 is 23.9 Å². The zero-order valence-corrected chi connectivity index (χ0v) is 17.3. The number of amides is 4. The standard InChI is InChI=1S/C9H14N2O3S.C8H17NO2/c1-5(8(13)10-2)11-7(12)4-6(15-3)9(11)14;1-4-6-9-8(10)7(3)11-5-2/h5-6H,4H2,1-3H3,(H,10,13);7H,4-6H2,1-3H3,(H,9,10). The van der Waals surface area contributed by atoms with Gasteiger partial charge in [-0.1, -0.05) is 6.92 Å². The highest BCUT2D eigenvalue weighted by atomic mass is 32.2. The Labute approximate surface area is 159 Å². The van der Waals surface area contributed by atoms with E-state index >= 15 is 0 Å². The number of hydrogen-bond donors (Lipinski definition) is 2. The van der Waals surface area contributed by atoms with Gasteiger partial charge in [-0.05, 0) is 33.4 Å². The van der Waals surface area contributed by atoms with Crippen LogP contribution in [0.3, 0.4) is 0 Å². The smallest absolute Gasteiger partial charge is 0.248 e. The lowest BCUT2D eigenvalue weighted by molar-refractivity contribution is -0.145. The SMILES string of the molecule is CCCNC(=O)C(C)OCC.CNC(=O)C(C)N1C(=O)CC(SC)C1=O. The number of nitrogens with one attached hydrogen (secondary N) is 2. The molecule has 1 aliphatic rings. The van der Waals surface area contributed by atoms with E-state index in [1.54, 1.807) is 20.1 Å². The fourth-order valence-corrected chi connectivity index (χ4v) is 2.88. The summed E-state index contributed by atoms with van der Waals surface area (Å²) in [6, 6.07) is -0.716. The molecular formula is C17H31N3O5S. The average Bonchev–Trinajstić information content (AvgIpc) is 2.92. The first-order chi connectivity index (χ1) is 12.2. The summed E-state index contributed by atoms with van der Waals surface area (Å²) >= 11 is 1.34. The summed E-state index contributed by atoms with van der Waals surface area (Å²) in [6.45, 7) is 8.53. The van der Waals surface area contributed by atoms with E-state index in [0.717, 1.165) is 17.9 Å². The number of ether oxygens (including phenoxy) is 1. The van der Waals surface area contributed by atoms with Gasteiger partial charge in [0.05, 0.1) is 5.25 Å². The molecular weight excluding hydrogens is 358 g/mol. The van der Waals surface area contributed by atoms with E-state index in [1.807, 2.05) is 13.8 Å². The number of likely N-dealkylation sites (N-methyl/N-ethyl adjacent to an activating group) is 1. The van der Waals surface area contributed by atoms with E-state index in [4.69, 9.17) is 4.74 Å². The number of carbonyl (C=O) groups is 4. The van der Waals surface area contributed by atoms with Crippen molar-refractivity contribution in [2.75, 3.05) is 26.5 Å². The lowest BCUT2D eigenvalue weighted by atomic mass is 10.3. The molecule has 26 heavy (non-hydrogen) atoms. The van der Waals surface area contributed by atoms with Crippen LogP contribution in [0.15, 0.2) is 0 Å². The molecule has 1 rings (SSSR count). The molecule has 3 atom stereocenters. The van der Waals surface area contributed by atoms with Gasteiger partial charge in [0.1, 0.15) is 12.1 Å². The van der Waals surface area contributed by atoms with Crippen LogP contribution in [-0.2, 0) is 23.9 Å². The Morgan fingerprint density at radius 3 is 2.31 bits per heavy atom. The van der Waals surface area contributed by atoms with Crippen molar-refractivity contribution in [2.24, 2.45) is 0 Å². The van der Waals surface area contributed by atoms with Crippen molar-refractivity contribution in [2.45, 2.75) is 57.9 Å². The van der Waals surface area contributed by atoms with Gasteiger partial charge in [-0.15, -0.1) is 0 Å². The van der Waals surface area contributed by atoms with E-state index in [1.165, 1.54) is 18.8 Å². The second-order valence-corrected chi connectivity index (χ2v) is 6.75. The molecule has 0 saturated carbocycles. The topological polar surface area (TPSA) is 105 Å². The van der Waals surface area contributed by atoms with Gasteiger partial charge in [0.2, 0.25) is 23.6 Å². The highest BCUT2D eigenvalue weighted by Crippen LogP contribution is 2.24. The Morgan fingerprint density at radius 1 is 1.27 bits per heavy atom. The number of hydrogen-bond acceptors (Lipinski definition) is 6. The van der Waals surface area contributed by atoms with Gasteiger partial charge < -0.3 is 15.4 Å². The van der Waals surface area contributed by atoms with E-state index in [0.29, 0.717) is 6.61 Å². The average molecular weight is 390 g/mol. The van der Waals surface area contributed by atoms with E-state index in [2.05, 4.69) is 10.6 Å². The Kier molecular flexibility index (Phi) is 11.9. The molecule has 0 bridgehead atoms. The van der Waals surface area contributed by atoms with Crippen molar-refractivity contribution in [3.8, 4) is 0 Å². The quantitative estimate of drug-likeness (QED) is 0.588. The van der Waals surface area contributed by atoms with Crippen LogP contribution >= 0.6 is 11.8 Å². The predicted molar refractivity (Wildman–Crippen MR) is 102 cm³/mol. The Morgan fingerprint density at radius 2 is 1.88 bits per heavy atom. The van der Waals surface area contributed by atoms with Gasteiger partial charge in [0, 0.05) is 26.6 Å². The lowest BCUT2D eigenvalue weighted by Crippen LogP contribution is -2.47. The van der Waals surface area contributed by atoms with Gasteiger partial charge in [-0.3, -0.25) is 24.1 Å². The minimum Gasteiger partial charge on any atom is -0.369 e. The molecule has 0 aromatic heterocycles. The molecule has 1 aliphatic heterocycles. The first kappa shape index (κ1) is 24.4. The summed E-state index contributed by atoms with van der Waals surface area (Å²) < 4.78 is 5.09. The van der Waals surface area contributed by atoms with Crippen LogP contribution in [0, 0.1) is 0 Å². The van der Waals surface area contributed by atoms with Crippen LogP contribution in [0.4, 0.5) is 0 Å². The van der Waals surface area contributed by atoms with E-state index in [-0.39, 0.29) is 41.4 Å². The normalized spacial score (nSPS) is 18.7. The molecule has 150 valence electrons. The fraction of sp³-hybridized carbons (Fsp3) is 0.765. The van der Waals surface area contributed by atoms with Gasteiger partial charge in [0.25, 0.3) is 0 Å². The zero-order valence-electron chi connectivity index (χ0n) is 16.5. The molecule has 9 heteroatoms. The first-order valence-corrected chi connectivity index (χ1v) is 10.0. The van der Waals surface area contributed by atoms with Crippen molar-refractivity contribution in [1.82, 2.24) is 15.5 Å². The van der Waals surface area contributed by atoms with Crippen LogP contribution in [0.25, 0.3) is 0 Å². The minimum absolute atomic E-state index is 0.0197. The van der Waals surface area contributed by atoms with Crippen molar-refractivity contribution in [3.05, 3.63) is 0 Å². The number of carbonyl (C=O) groups excluding carboxylic acids is 4. The Bertz CT molecular complexity index is 501. The number of rotatable bonds is 8. The highest BCUT2D eigenvalue weighted by Gasteiger charge is 2.42. The first-order valence-electron chi connectivity index (χ1n) is 8.74. The summed E-state index contributed by atoms with van der Waals surface area (Å²) in [7, 11) is 1.48. The lowest BCUT2D eigenvalue weighted by Gasteiger charge is -2.21. The molecule has 4 amide bonds. The molecule has 0 aromatic carbocycles. The number of nitrogens with zero attached hydrogens (tertiary/aromatic N) is 1. The molecule has 0 aromatic rings. The number of likely N-dealkylation sites (tertiary alicyclic amines) is 1. The maximum absolute atomic E-state index is 11.7. The van der Waals surface area contributed by atoms with E-state index < -0.39 is 6.04 Å². The third-order valence-corrected chi connectivity index (χ3v) is 4.71. The maximum Gasteiger partial charge on any atom is 0.248 e. The molecule has 0 aliphatic carbocycles. The van der Waals surface area contributed by atoms with E-state index in [9.17, 15) is 19.2 Å². The summed E-state index contributed by atoms with van der Waals surface area (Å²) in [5.41, 5.74) is 0. The van der Waals surface area contributed by atoms with Gasteiger partial charge in [-0.2, -0.15) is 11.8 Å². The largest absolute Gasteiger partial charge is 0.369 e. The maximum atomic E-state index is 11.7. The fourth-order valence-electron chi connectivity index (χ4n) is 2.26. The molecule has 1 heterocycles. The van der Waals surface area contributed by atoms with Crippen molar-refractivity contribution >= 4 is 35.4 Å².